The smallest absolute Gasteiger partial charge is 0.300 e. The number of nitrogens with zero attached hydrogens (tertiary/aromatic N) is 1. The summed E-state index contributed by atoms with van der Waals surface area (Å²) in [6.07, 6.45) is 0. The van der Waals surface area contributed by atoms with Gasteiger partial charge < -0.3 is 9.84 Å². The number of ketones is 1. The number of rotatable bonds is 5. The summed E-state index contributed by atoms with van der Waals surface area (Å²) in [4.78, 5) is 27.9. The molecule has 1 aliphatic rings. The van der Waals surface area contributed by atoms with E-state index < -0.39 is 17.7 Å². The zero-order valence-electron chi connectivity index (χ0n) is 18.0. The maximum absolute atomic E-state index is 13.3. The number of amides is 1. The van der Waals surface area contributed by atoms with Gasteiger partial charge >= 0.3 is 0 Å². The summed E-state index contributed by atoms with van der Waals surface area (Å²) >= 11 is 12.4. The Morgan fingerprint density at radius 1 is 1.00 bits per heavy atom. The highest BCUT2D eigenvalue weighted by atomic mass is 35.5. The van der Waals surface area contributed by atoms with Gasteiger partial charge in [0.05, 0.1) is 18.2 Å². The molecule has 1 amide bonds. The predicted molar refractivity (Wildman–Crippen MR) is 130 cm³/mol. The average molecular weight is 482 g/mol. The minimum absolute atomic E-state index is 0.0148. The van der Waals surface area contributed by atoms with Crippen LogP contribution in [0.1, 0.15) is 29.7 Å². The minimum Gasteiger partial charge on any atom is -0.507 e. The molecular formula is C26H21Cl2NO4. The van der Waals surface area contributed by atoms with Crippen LogP contribution < -0.4 is 9.64 Å². The summed E-state index contributed by atoms with van der Waals surface area (Å²) in [5, 5.41) is 11.9. The number of carbonyl (C=O) groups is 2. The van der Waals surface area contributed by atoms with Gasteiger partial charge in [-0.1, -0.05) is 59.6 Å². The molecule has 3 aromatic rings. The number of aliphatic hydroxyl groups excluding tert-OH is 1. The second-order valence-corrected chi connectivity index (χ2v) is 8.49. The molecular weight excluding hydrogens is 461 g/mol. The topological polar surface area (TPSA) is 66.8 Å². The van der Waals surface area contributed by atoms with Crippen molar-refractivity contribution in [3.05, 3.63) is 99.0 Å². The van der Waals surface area contributed by atoms with E-state index in [0.29, 0.717) is 39.2 Å². The number of anilines is 1. The maximum Gasteiger partial charge on any atom is 0.300 e. The molecule has 0 spiro atoms. The maximum atomic E-state index is 13.3. The first kappa shape index (κ1) is 22.9. The molecule has 1 saturated heterocycles. The second-order valence-electron chi connectivity index (χ2n) is 7.61. The molecule has 1 unspecified atom stereocenters. The summed E-state index contributed by atoms with van der Waals surface area (Å²) in [6.45, 7) is 4.19. The van der Waals surface area contributed by atoms with Gasteiger partial charge in [0, 0.05) is 21.3 Å². The van der Waals surface area contributed by atoms with Crippen LogP contribution in [0.15, 0.2) is 72.3 Å². The van der Waals surface area contributed by atoms with Crippen LogP contribution in [-0.2, 0) is 9.59 Å². The number of aryl methyl sites for hydroxylation is 1. The van der Waals surface area contributed by atoms with Crippen molar-refractivity contribution in [2.45, 2.75) is 19.9 Å². The van der Waals surface area contributed by atoms with Crippen molar-refractivity contribution in [1.82, 2.24) is 0 Å². The molecule has 168 valence electrons. The first-order valence-corrected chi connectivity index (χ1v) is 11.1. The van der Waals surface area contributed by atoms with E-state index in [2.05, 4.69) is 0 Å². The van der Waals surface area contributed by atoms with Crippen LogP contribution in [0, 0.1) is 6.92 Å². The Balaban J connectivity index is 1.97. The van der Waals surface area contributed by atoms with Crippen LogP contribution in [0.5, 0.6) is 5.75 Å². The lowest BCUT2D eigenvalue weighted by atomic mass is 9.92. The van der Waals surface area contributed by atoms with E-state index in [1.54, 1.807) is 42.5 Å². The third-order valence-corrected chi connectivity index (χ3v) is 5.91. The quantitative estimate of drug-likeness (QED) is 0.262. The van der Waals surface area contributed by atoms with Crippen molar-refractivity contribution in [2.75, 3.05) is 11.5 Å². The summed E-state index contributed by atoms with van der Waals surface area (Å²) in [5.74, 6) is -1.30. The van der Waals surface area contributed by atoms with Crippen molar-refractivity contribution in [3.8, 4) is 5.75 Å². The molecule has 0 radical (unpaired) electrons. The van der Waals surface area contributed by atoms with E-state index in [1.165, 1.54) is 4.90 Å². The number of hydrogen-bond donors (Lipinski definition) is 1. The number of Topliss-reactive ketones (excluding diaryl/α,β-unsaturated/α-hetero) is 1. The molecule has 1 N–H and O–H groups in total. The van der Waals surface area contributed by atoms with Gasteiger partial charge in [-0.3, -0.25) is 14.5 Å². The highest BCUT2D eigenvalue weighted by molar-refractivity contribution is 6.52. The van der Waals surface area contributed by atoms with Gasteiger partial charge in [-0.2, -0.15) is 0 Å². The van der Waals surface area contributed by atoms with Gasteiger partial charge in [0.15, 0.2) is 0 Å². The molecule has 3 aromatic carbocycles. The fourth-order valence-electron chi connectivity index (χ4n) is 4.02. The molecule has 1 aliphatic heterocycles. The van der Waals surface area contributed by atoms with E-state index in [1.807, 2.05) is 38.1 Å². The van der Waals surface area contributed by atoms with Gasteiger partial charge in [-0.05, 0) is 55.3 Å². The molecule has 0 bridgehead atoms. The van der Waals surface area contributed by atoms with Gasteiger partial charge in [0.1, 0.15) is 11.5 Å². The lowest BCUT2D eigenvalue weighted by Crippen LogP contribution is -2.29. The van der Waals surface area contributed by atoms with E-state index in [0.717, 1.165) is 5.56 Å². The Morgan fingerprint density at radius 2 is 1.70 bits per heavy atom. The number of carbonyl (C=O) groups excluding carboxylic acids is 2. The van der Waals surface area contributed by atoms with Crippen molar-refractivity contribution >= 4 is 46.3 Å². The standard InChI is InChI=1S/C26H21Cl2NO4/c1-3-33-20-9-6-8-16(11-20)24(30)22-23(21-10-5-4-7-15(21)2)29(26(32)25(22)31)19-13-17(27)12-18(28)14-19/h4-14,23,30H,3H2,1-2H3/b24-22+. The number of hydrogen-bond acceptors (Lipinski definition) is 4. The third kappa shape index (κ3) is 4.34. The minimum atomic E-state index is -0.864. The Bertz CT molecular complexity index is 1260. The van der Waals surface area contributed by atoms with Crippen LogP contribution in [0.4, 0.5) is 5.69 Å². The van der Waals surface area contributed by atoms with Gasteiger partial charge in [0.2, 0.25) is 0 Å². The zero-order chi connectivity index (χ0) is 23.7. The largest absolute Gasteiger partial charge is 0.507 e. The normalized spacial score (nSPS) is 17.5. The lowest BCUT2D eigenvalue weighted by Gasteiger charge is -2.27. The molecule has 1 fully saturated rings. The van der Waals surface area contributed by atoms with Crippen molar-refractivity contribution < 1.29 is 19.4 Å². The lowest BCUT2D eigenvalue weighted by molar-refractivity contribution is -0.132. The number of benzene rings is 3. The average Bonchev–Trinajstić information content (AvgIpc) is 3.04. The van der Waals surface area contributed by atoms with E-state index in [4.69, 9.17) is 27.9 Å². The molecule has 1 atom stereocenters. The Labute approximate surface area is 201 Å². The van der Waals surface area contributed by atoms with E-state index >= 15 is 0 Å². The molecule has 0 saturated carbocycles. The SMILES string of the molecule is CCOc1cccc(/C(O)=C2\C(=O)C(=O)N(c3cc(Cl)cc(Cl)c3)C2c2ccccc2C)c1. The molecule has 1 heterocycles. The first-order chi connectivity index (χ1) is 15.8. The molecule has 4 rings (SSSR count). The van der Waals surface area contributed by atoms with E-state index in [9.17, 15) is 14.7 Å². The second kappa shape index (κ2) is 9.30. The zero-order valence-corrected chi connectivity index (χ0v) is 19.5. The summed E-state index contributed by atoms with van der Waals surface area (Å²) in [7, 11) is 0. The fraction of sp³-hybridized carbons (Fsp3) is 0.154. The molecule has 7 heteroatoms. The number of aliphatic hydroxyl groups is 1. The Kier molecular flexibility index (Phi) is 6.45. The van der Waals surface area contributed by atoms with Gasteiger partial charge in [0.25, 0.3) is 11.7 Å². The van der Waals surface area contributed by atoms with Crippen LogP contribution in [0.2, 0.25) is 10.0 Å². The van der Waals surface area contributed by atoms with Gasteiger partial charge in [-0.25, -0.2) is 0 Å². The fourth-order valence-corrected chi connectivity index (χ4v) is 4.53. The Hall–Kier alpha value is -3.28. The monoisotopic (exact) mass is 481 g/mol. The molecule has 0 aromatic heterocycles. The summed E-state index contributed by atoms with van der Waals surface area (Å²) in [5.41, 5.74) is 2.29. The van der Waals surface area contributed by atoms with Gasteiger partial charge in [-0.15, -0.1) is 0 Å². The molecule has 33 heavy (non-hydrogen) atoms. The third-order valence-electron chi connectivity index (χ3n) is 5.47. The first-order valence-electron chi connectivity index (χ1n) is 10.4. The Morgan fingerprint density at radius 3 is 2.36 bits per heavy atom. The summed E-state index contributed by atoms with van der Waals surface area (Å²) in [6, 6.07) is 18.0. The number of ether oxygens (including phenoxy) is 1. The molecule has 0 aliphatic carbocycles. The summed E-state index contributed by atoms with van der Waals surface area (Å²) < 4.78 is 5.53. The van der Waals surface area contributed by atoms with Crippen LogP contribution in [0.25, 0.3) is 5.76 Å². The van der Waals surface area contributed by atoms with Crippen molar-refractivity contribution in [3.63, 3.8) is 0 Å². The number of halogens is 2. The highest BCUT2D eigenvalue weighted by Gasteiger charge is 2.47. The molecule has 5 nitrogen and oxygen atoms in total. The van der Waals surface area contributed by atoms with Crippen LogP contribution in [0.3, 0.4) is 0 Å². The van der Waals surface area contributed by atoms with E-state index in [-0.39, 0.29) is 11.3 Å². The van der Waals surface area contributed by atoms with Crippen molar-refractivity contribution in [2.24, 2.45) is 0 Å². The van der Waals surface area contributed by atoms with Crippen LogP contribution >= 0.6 is 23.2 Å². The predicted octanol–water partition coefficient (Wildman–Crippen LogP) is 6.33. The highest BCUT2D eigenvalue weighted by Crippen LogP contribution is 2.44. The van der Waals surface area contributed by atoms with Crippen LogP contribution in [-0.4, -0.2) is 23.4 Å². The van der Waals surface area contributed by atoms with Crippen molar-refractivity contribution in [1.29, 1.82) is 0 Å².